The van der Waals surface area contributed by atoms with E-state index in [0.29, 0.717) is 47.7 Å². The van der Waals surface area contributed by atoms with E-state index in [2.05, 4.69) is 30.9 Å². The summed E-state index contributed by atoms with van der Waals surface area (Å²) in [6, 6.07) is 14.7. The summed E-state index contributed by atoms with van der Waals surface area (Å²) in [6.07, 6.45) is 13.0. The summed E-state index contributed by atoms with van der Waals surface area (Å²) in [5.41, 5.74) is 3.07. The minimum absolute atomic E-state index is 0.0219. The second-order valence-electron chi connectivity index (χ2n) is 14.5. The molecule has 4 aromatic rings. The van der Waals surface area contributed by atoms with Crippen molar-refractivity contribution in [3.05, 3.63) is 86.9 Å². The highest BCUT2D eigenvalue weighted by atomic mass is 35.5. The molecule has 1 aliphatic carbocycles. The van der Waals surface area contributed by atoms with Gasteiger partial charge in [0, 0.05) is 49.8 Å². The number of unbranched alkanes of at least 4 members (excludes halogenated alkanes) is 4. The van der Waals surface area contributed by atoms with Crippen LogP contribution in [0.2, 0.25) is 10.0 Å². The lowest BCUT2D eigenvalue weighted by atomic mass is 9.99. The van der Waals surface area contributed by atoms with E-state index >= 15 is 0 Å². The number of benzene rings is 2. The molecule has 3 N–H and O–H groups in total. The zero-order valence-electron chi connectivity index (χ0n) is 32.1. The quantitative estimate of drug-likeness (QED) is 0.0802. The summed E-state index contributed by atoms with van der Waals surface area (Å²) >= 11 is 12.3. The largest absolute Gasteiger partial charge is 0.493 e. The Kier molecular flexibility index (Phi) is 14.8. The van der Waals surface area contributed by atoms with Gasteiger partial charge in [0.1, 0.15) is 11.4 Å². The molecule has 0 spiro atoms. The molecule has 1 atom stereocenters. The van der Waals surface area contributed by atoms with Gasteiger partial charge in [0.05, 0.1) is 34.6 Å². The van der Waals surface area contributed by atoms with Crippen molar-refractivity contribution in [2.45, 2.75) is 77.3 Å². The normalized spacial score (nSPS) is 15.5. The van der Waals surface area contributed by atoms with Crippen LogP contribution < -0.4 is 26.2 Å². The van der Waals surface area contributed by atoms with Crippen molar-refractivity contribution >= 4 is 46.5 Å². The molecule has 298 valence electrons. The molecule has 6 rings (SSSR count). The molecule has 3 heterocycles. The standard InChI is InChI=1S/C42H51Cl2N7O5/c1-3-51-41(53)38(47-42(54)48-39-35(43)24-45-25-36(39)44)23-37(49-51)30-12-9-11-29(19-30)31-20-32(22-34(21-31)56-26-28-14-15-28)40(52)46-16-7-5-4-6-8-17-50-18-10-13-33(50)27-55-2/h9,11-12,19-25,28,33H,3-8,10,13-18,26-27H2,1-2H3,(H,46,52)(H2,45,47,48,54)/t33-/m1/s1. The molecule has 14 heteroatoms. The van der Waals surface area contributed by atoms with E-state index in [1.165, 1.54) is 55.4 Å². The monoisotopic (exact) mass is 803 g/mol. The summed E-state index contributed by atoms with van der Waals surface area (Å²) < 4.78 is 12.9. The van der Waals surface area contributed by atoms with Gasteiger partial charge in [0.25, 0.3) is 11.5 Å². The van der Waals surface area contributed by atoms with Crippen LogP contribution in [0.1, 0.15) is 75.1 Å². The Morgan fingerprint density at radius 2 is 1.66 bits per heavy atom. The third kappa shape index (κ3) is 11.3. The minimum Gasteiger partial charge on any atom is -0.493 e. The van der Waals surface area contributed by atoms with Gasteiger partial charge in [-0.05, 0) is 106 Å². The van der Waals surface area contributed by atoms with Crippen LogP contribution in [0.4, 0.5) is 16.2 Å². The van der Waals surface area contributed by atoms with Gasteiger partial charge in [0.2, 0.25) is 0 Å². The molecule has 1 saturated carbocycles. The Morgan fingerprint density at radius 3 is 2.43 bits per heavy atom. The van der Waals surface area contributed by atoms with E-state index in [9.17, 15) is 14.4 Å². The number of rotatable bonds is 19. The Bertz CT molecular complexity index is 2020. The van der Waals surface area contributed by atoms with Crippen LogP contribution in [0.15, 0.2) is 65.7 Å². The lowest BCUT2D eigenvalue weighted by Crippen LogP contribution is -2.33. The molecule has 2 aliphatic rings. The average Bonchev–Trinajstić information content (AvgIpc) is 3.94. The maximum absolute atomic E-state index is 13.5. The lowest BCUT2D eigenvalue weighted by Gasteiger charge is -2.23. The van der Waals surface area contributed by atoms with Crippen LogP contribution in [-0.4, -0.2) is 77.6 Å². The first kappa shape index (κ1) is 41.2. The number of urea groups is 1. The molecule has 0 bridgehead atoms. The first-order valence-corrected chi connectivity index (χ1v) is 20.4. The van der Waals surface area contributed by atoms with E-state index in [-0.39, 0.29) is 33.9 Å². The fourth-order valence-corrected chi connectivity index (χ4v) is 7.43. The van der Waals surface area contributed by atoms with Crippen LogP contribution in [0.25, 0.3) is 22.4 Å². The predicted molar refractivity (Wildman–Crippen MR) is 222 cm³/mol. The zero-order chi connectivity index (χ0) is 39.4. The summed E-state index contributed by atoms with van der Waals surface area (Å²) in [5, 5.41) is 13.2. The Labute approximate surface area is 338 Å². The zero-order valence-corrected chi connectivity index (χ0v) is 33.6. The highest BCUT2D eigenvalue weighted by Gasteiger charge is 2.24. The summed E-state index contributed by atoms with van der Waals surface area (Å²) in [7, 11) is 1.78. The Balaban J connectivity index is 1.11. The lowest BCUT2D eigenvalue weighted by molar-refractivity contribution is 0.0952. The topological polar surface area (TPSA) is 140 Å². The molecule has 0 radical (unpaired) electrons. The first-order valence-electron chi connectivity index (χ1n) is 19.6. The van der Waals surface area contributed by atoms with E-state index in [0.717, 1.165) is 56.4 Å². The van der Waals surface area contributed by atoms with Crippen LogP contribution in [0.5, 0.6) is 5.75 Å². The number of amides is 3. The van der Waals surface area contributed by atoms with Gasteiger partial charge in [-0.2, -0.15) is 5.10 Å². The van der Waals surface area contributed by atoms with E-state index in [1.54, 1.807) is 14.0 Å². The fraction of sp³-hybridized carbons (Fsp3) is 0.452. The van der Waals surface area contributed by atoms with E-state index in [4.69, 9.17) is 32.7 Å². The minimum atomic E-state index is -0.705. The second-order valence-corrected chi connectivity index (χ2v) is 15.3. The molecule has 1 saturated heterocycles. The number of halogens is 2. The summed E-state index contributed by atoms with van der Waals surface area (Å²) in [5.74, 6) is 1.04. The van der Waals surface area contributed by atoms with E-state index in [1.807, 2.05) is 42.5 Å². The van der Waals surface area contributed by atoms with Gasteiger partial charge in [-0.3, -0.25) is 19.5 Å². The number of methoxy groups -OCH3 is 1. The molecule has 56 heavy (non-hydrogen) atoms. The number of aromatic nitrogens is 3. The molecule has 1 aliphatic heterocycles. The number of carbonyl (C=O) groups is 2. The number of hydrogen-bond acceptors (Lipinski definition) is 8. The maximum Gasteiger partial charge on any atom is 0.323 e. The van der Waals surface area contributed by atoms with Crippen molar-refractivity contribution in [3.63, 3.8) is 0 Å². The van der Waals surface area contributed by atoms with Crippen LogP contribution in [-0.2, 0) is 11.3 Å². The Hall–Kier alpha value is -4.49. The van der Waals surface area contributed by atoms with Crippen molar-refractivity contribution in [1.82, 2.24) is 25.0 Å². The van der Waals surface area contributed by atoms with Crippen molar-refractivity contribution in [2.75, 3.05) is 50.6 Å². The smallest absolute Gasteiger partial charge is 0.323 e. The van der Waals surface area contributed by atoms with Crippen molar-refractivity contribution in [2.24, 2.45) is 5.92 Å². The molecule has 3 amide bonds. The number of nitrogens with one attached hydrogen (secondary N) is 3. The van der Waals surface area contributed by atoms with Crippen LogP contribution >= 0.6 is 23.2 Å². The molecule has 2 fully saturated rings. The highest BCUT2D eigenvalue weighted by Crippen LogP contribution is 2.33. The number of pyridine rings is 1. The number of ether oxygens (including phenoxy) is 2. The average molecular weight is 805 g/mol. The van der Waals surface area contributed by atoms with Crippen molar-refractivity contribution in [1.29, 1.82) is 0 Å². The van der Waals surface area contributed by atoms with Crippen LogP contribution in [0, 0.1) is 5.92 Å². The number of aryl methyl sites for hydroxylation is 1. The SMILES string of the molecule is CCn1nc(-c2cccc(-c3cc(OCC4CC4)cc(C(=O)NCCCCCCCN4CCC[C@@H]4COC)c3)c2)cc(NC(=O)Nc2c(Cl)cncc2Cl)c1=O. The molecular formula is C42H51Cl2N7O5. The molecule has 0 unspecified atom stereocenters. The van der Waals surface area contributed by atoms with Gasteiger partial charge in [-0.1, -0.05) is 60.7 Å². The highest BCUT2D eigenvalue weighted by molar-refractivity contribution is 6.39. The fourth-order valence-electron chi connectivity index (χ4n) is 6.97. The number of anilines is 2. The van der Waals surface area contributed by atoms with Gasteiger partial charge >= 0.3 is 6.03 Å². The van der Waals surface area contributed by atoms with Gasteiger partial charge in [-0.25, -0.2) is 9.48 Å². The number of likely N-dealkylation sites (tertiary alicyclic amines) is 1. The predicted octanol–water partition coefficient (Wildman–Crippen LogP) is 8.52. The van der Waals surface area contributed by atoms with E-state index < -0.39 is 11.6 Å². The Morgan fingerprint density at radius 1 is 0.893 bits per heavy atom. The number of carbonyl (C=O) groups excluding carboxylic acids is 2. The number of hydrogen-bond donors (Lipinski definition) is 3. The second kappa shape index (κ2) is 20.1. The van der Waals surface area contributed by atoms with Crippen molar-refractivity contribution in [3.8, 4) is 28.1 Å². The molecule has 2 aromatic heterocycles. The third-order valence-corrected chi connectivity index (χ3v) is 10.8. The molecule has 2 aromatic carbocycles. The van der Waals surface area contributed by atoms with Gasteiger partial charge in [-0.15, -0.1) is 0 Å². The maximum atomic E-state index is 13.5. The van der Waals surface area contributed by atoms with Crippen molar-refractivity contribution < 1.29 is 19.1 Å². The summed E-state index contributed by atoms with van der Waals surface area (Å²) in [6.45, 7) is 6.42. The third-order valence-electron chi connectivity index (χ3n) is 10.2. The van der Waals surface area contributed by atoms with Gasteiger partial charge in [0.15, 0.2) is 0 Å². The molecular weight excluding hydrogens is 753 g/mol. The number of nitrogens with zero attached hydrogens (tertiary/aromatic N) is 4. The first-order chi connectivity index (χ1) is 27.2. The summed E-state index contributed by atoms with van der Waals surface area (Å²) in [4.78, 5) is 46.1. The van der Waals surface area contributed by atoms with Gasteiger partial charge < -0.3 is 25.4 Å². The van der Waals surface area contributed by atoms with Crippen LogP contribution in [0.3, 0.4) is 0 Å². The molecule has 12 nitrogen and oxygen atoms in total.